The third-order valence-electron chi connectivity index (χ3n) is 3.97. The molecule has 0 amide bonds. The molecular formula is C15H24N2. The fourth-order valence-corrected chi connectivity index (χ4v) is 2.70. The lowest BCUT2D eigenvalue weighted by Crippen LogP contribution is -2.37. The summed E-state index contributed by atoms with van der Waals surface area (Å²) < 4.78 is 0. The van der Waals surface area contributed by atoms with Crippen LogP contribution in [0.3, 0.4) is 0 Å². The monoisotopic (exact) mass is 232 g/mol. The maximum Gasteiger partial charge on any atom is 0.0271 e. The molecule has 0 unspecified atom stereocenters. The number of nitrogens with zero attached hydrogens (tertiary/aromatic N) is 2. The zero-order chi connectivity index (χ0) is 12.3. The van der Waals surface area contributed by atoms with Gasteiger partial charge in [0.1, 0.15) is 0 Å². The van der Waals surface area contributed by atoms with Gasteiger partial charge < -0.3 is 0 Å². The molecule has 1 aliphatic heterocycles. The van der Waals surface area contributed by atoms with Crippen LogP contribution in [0.25, 0.3) is 0 Å². The summed E-state index contributed by atoms with van der Waals surface area (Å²) in [5, 5.41) is 0. The molecule has 0 radical (unpaired) electrons. The van der Waals surface area contributed by atoms with Crippen LogP contribution < -0.4 is 0 Å². The van der Waals surface area contributed by atoms with Crippen LogP contribution in [0.2, 0.25) is 0 Å². The van der Waals surface area contributed by atoms with E-state index in [0.717, 1.165) is 12.5 Å². The molecule has 0 spiro atoms. The second kappa shape index (κ2) is 5.18. The molecule has 2 rings (SSSR count). The summed E-state index contributed by atoms with van der Waals surface area (Å²) in [6, 6.07) is 4.24. The normalized spacial score (nSPS) is 19.5. The summed E-state index contributed by atoms with van der Waals surface area (Å²) in [6.45, 7) is 10.7. The fraction of sp³-hybridized carbons (Fsp3) is 0.667. The van der Waals surface area contributed by atoms with E-state index < -0.39 is 0 Å². The number of pyridine rings is 1. The molecule has 94 valence electrons. The molecule has 2 nitrogen and oxygen atoms in total. The van der Waals surface area contributed by atoms with Crippen molar-refractivity contribution >= 4 is 0 Å². The molecule has 2 heteroatoms. The third kappa shape index (κ3) is 3.53. The zero-order valence-electron chi connectivity index (χ0n) is 11.3. The van der Waals surface area contributed by atoms with Crippen molar-refractivity contribution in [2.45, 2.75) is 40.2 Å². The number of piperidine rings is 1. The van der Waals surface area contributed by atoms with E-state index in [2.05, 4.69) is 42.8 Å². The van der Waals surface area contributed by atoms with Gasteiger partial charge in [-0.15, -0.1) is 0 Å². The maximum absolute atomic E-state index is 4.06. The van der Waals surface area contributed by atoms with E-state index in [-0.39, 0.29) is 0 Å². The number of rotatable bonds is 2. The summed E-state index contributed by atoms with van der Waals surface area (Å²) in [6.07, 6.45) is 6.46. The lowest BCUT2D eigenvalue weighted by molar-refractivity contribution is 0.108. The molecule has 0 N–H and O–H groups in total. The van der Waals surface area contributed by atoms with Crippen molar-refractivity contribution in [3.05, 3.63) is 30.1 Å². The molecule has 0 aliphatic carbocycles. The number of hydrogen-bond acceptors (Lipinski definition) is 2. The van der Waals surface area contributed by atoms with E-state index in [0.29, 0.717) is 5.41 Å². The van der Waals surface area contributed by atoms with Crippen LogP contribution in [0, 0.1) is 11.3 Å². The molecule has 1 aromatic rings. The highest BCUT2D eigenvalue weighted by molar-refractivity contribution is 5.09. The highest BCUT2D eigenvalue weighted by Crippen LogP contribution is 2.34. The Kier molecular flexibility index (Phi) is 3.82. The van der Waals surface area contributed by atoms with Gasteiger partial charge >= 0.3 is 0 Å². The Morgan fingerprint density at radius 3 is 2.29 bits per heavy atom. The van der Waals surface area contributed by atoms with Gasteiger partial charge in [-0.25, -0.2) is 0 Å². The average Bonchev–Trinajstić information content (AvgIpc) is 2.30. The summed E-state index contributed by atoms with van der Waals surface area (Å²) in [7, 11) is 0. The molecule has 0 saturated carbocycles. The third-order valence-corrected chi connectivity index (χ3v) is 3.97. The smallest absolute Gasteiger partial charge is 0.0271 e. The molecule has 0 aromatic carbocycles. The summed E-state index contributed by atoms with van der Waals surface area (Å²) in [4.78, 5) is 6.63. The Hall–Kier alpha value is -0.890. The van der Waals surface area contributed by atoms with Gasteiger partial charge in [-0.3, -0.25) is 9.88 Å². The van der Waals surface area contributed by atoms with Crippen LogP contribution in [0.4, 0.5) is 0 Å². The van der Waals surface area contributed by atoms with Crippen molar-refractivity contribution < 1.29 is 0 Å². The topological polar surface area (TPSA) is 16.1 Å². The predicted molar refractivity (Wildman–Crippen MR) is 71.7 cm³/mol. The van der Waals surface area contributed by atoms with Crippen LogP contribution >= 0.6 is 0 Å². The summed E-state index contributed by atoms with van der Waals surface area (Å²) >= 11 is 0. The van der Waals surface area contributed by atoms with Crippen molar-refractivity contribution in [3.63, 3.8) is 0 Å². The van der Waals surface area contributed by atoms with Crippen LogP contribution in [0.15, 0.2) is 24.5 Å². The maximum atomic E-state index is 4.06. The van der Waals surface area contributed by atoms with Crippen molar-refractivity contribution in [2.24, 2.45) is 11.3 Å². The summed E-state index contributed by atoms with van der Waals surface area (Å²) in [5.41, 5.74) is 1.86. The molecule has 1 fully saturated rings. The van der Waals surface area contributed by atoms with Crippen molar-refractivity contribution in [1.82, 2.24) is 9.88 Å². The van der Waals surface area contributed by atoms with Crippen LogP contribution in [-0.2, 0) is 6.54 Å². The second-order valence-electron chi connectivity index (χ2n) is 6.27. The lowest BCUT2D eigenvalue weighted by atomic mass is 9.75. The van der Waals surface area contributed by atoms with Crippen molar-refractivity contribution in [3.8, 4) is 0 Å². The first-order valence-corrected chi connectivity index (χ1v) is 6.67. The first-order valence-electron chi connectivity index (χ1n) is 6.67. The van der Waals surface area contributed by atoms with Crippen LogP contribution in [0.5, 0.6) is 0 Å². The molecular weight excluding hydrogens is 208 g/mol. The van der Waals surface area contributed by atoms with Gasteiger partial charge in [-0.2, -0.15) is 0 Å². The first-order chi connectivity index (χ1) is 8.05. The van der Waals surface area contributed by atoms with E-state index in [4.69, 9.17) is 0 Å². The van der Waals surface area contributed by atoms with Gasteiger partial charge in [0.15, 0.2) is 0 Å². The quantitative estimate of drug-likeness (QED) is 0.777. The largest absolute Gasteiger partial charge is 0.299 e. The molecule has 1 aliphatic rings. The van der Waals surface area contributed by atoms with E-state index in [1.54, 1.807) is 0 Å². The molecule has 1 aromatic heterocycles. The Labute approximate surface area is 105 Å². The minimum atomic E-state index is 0.475. The number of likely N-dealkylation sites (tertiary alicyclic amines) is 1. The van der Waals surface area contributed by atoms with E-state index in [1.807, 2.05) is 12.4 Å². The van der Waals surface area contributed by atoms with Gasteiger partial charge in [-0.1, -0.05) is 20.8 Å². The Balaban J connectivity index is 1.84. The summed E-state index contributed by atoms with van der Waals surface area (Å²) in [5.74, 6) is 0.885. The van der Waals surface area contributed by atoms with Crippen molar-refractivity contribution in [1.29, 1.82) is 0 Å². The highest BCUT2D eigenvalue weighted by Gasteiger charge is 2.28. The van der Waals surface area contributed by atoms with Gasteiger partial charge in [0.2, 0.25) is 0 Å². The Morgan fingerprint density at radius 1 is 1.18 bits per heavy atom. The van der Waals surface area contributed by atoms with Crippen LogP contribution in [-0.4, -0.2) is 23.0 Å². The van der Waals surface area contributed by atoms with Crippen LogP contribution in [0.1, 0.15) is 39.2 Å². The van der Waals surface area contributed by atoms with Gasteiger partial charge in [0.05, 0.1) is 0 Å². The molecule has 17 heavy (non-hydrogen) atoms. The van der Waals surface area contributed by atoms with Crippen molar-refractivity contribution in [2.75, 3.05) is 13.1 Å². The van der Waals surface area contributed by atoms with Gasteiger partial charge in [0.25, 0.3) is 0 Å². The molecule has 1 saturated heterocycles. The molecule has 2 heterocycles. The van der Waals surface area contributed by atoms with E-state index >= 15 is 0 Å². The highest BCUT2D eigenvalue weighted by atomic mass is 15.1. The SMILES string of the molecule is CC(C)(C)C1CCN(Cc2ccncc2)CC1. The van der Waals surface area contributed by atoms with Gasteiger partial charge in [0, 0.05) is 18.9 Å². The minimum absolute atomic E-state index is 0.475. The average molecular weight is 232 g/mol. The predicted octanol–water partition coefficient (Wildman–Crippen LogP) is 3.34. The standard InChI is InChI=1S/C15H24N2/c1-15(2,3)14-6-10-17(11-7-14)12-13-4-8-16-9-5-13/h4-5,8-9,14H,6-7,10-12H2,1-3H3. The van der Waals surface area contributed by atoms with E-state index in [1.165, 1.54) is 31.5 Å². The Bertz CT molecular complexity index is 332. The first kappa shape index (κ1) is 12.6. The lowest BCUT2D eigenvalue weighted by Gasteiger charge is -2.38. The molecule has 0 atom stereocenters. The second-order valence-corrected chi connectivity index (χ2v) is 6.27. The zero-order valence-corrected chi connectivity index (χ0v) is 11.3. The van der Waals surface area contributed by atoms with Gasteiger partial charge in [-0.05, 0) is 55.0 Å². The Morgan fingerprint density at radius 2 is 1.76 bits per heavy atom. The number of hydrogen-bond donors (Lipinski definition) is 0. The molecule has 0 bridgehead atoms. The number of aromatic nitrogens is 1. The fourth-order valence-electron chi connectivity index (χ4n) is 2.70. The van der Waals surface area contributed by atoms with E-state index in [9.17, 15) is 0 Å². The minimum Gasteiger partial charge on any atom is -0.299 e.